The quantitative estimate of drug-likeness (QED) is 0.0789. The first-order chi connectivity index (χ1) is 26.8. The van der Waals surface area contributed by atoms with Gasteiger partial charge in [-0.25, -0.2) is 9.37 Å². The van der Waals surface area contributed by atoms with Gasteiger partial charge in [0.1, 0.15) is 11.9 Å². The molecule has 10 heteroatoms. The molecule has 55 heavy (non-hydrogen) atoms. The first-order valence-corrected chi connectivity index (χ1v) is 19.4. The lowest BCUT2D eigenvalue weighted by Crippen LogP contribution is -2.39. The number of hydrogen-bond acceptors (Lipinski definition) is 5. The Morgan fingerprint density at radius 3 is 2.11 bits per heavy atom. The Bertz CT molecular complexity index is 1960. The Hall–Kier alpha value is -5.18. The number of likely N-dealkylation sites (tertiary alicyclic amines) is 1. The molecule has 1 aliphatic heterocycles. The van der Waals surface area contributed by atoms with E-state index in [4.69, 9.17) is 33.7 Å². The molecule has 0 aliphatic carbocycles. The molecule has 0 radical (unpaired) electrons. The van der Waals surface area contributed by atoms with Crippen LogP contribution in [0.25, 0.3) is 11.1 Å². The number of aromatic nitrogens is 3. The monoisotopic (exact) mass is 781 g/mol. The number of ether oxygens (including phenoxy) is 1. The Balaban J connectivity index is 1.12. The van der Waals surface area contributed by atoms with Crippen molar-refractivity contribution in [3.8, 4) is 16.9 Å². The van der Waals surface area contributed by atoms with Crippen molar-refractivity contribution in [3.05, 3.63) is 168 Å². The van der Waals surface area contributed by atoms with Gasteiger partial charge in [0.2, 0.25) is 5.91 Å². The summed E-state index contributed by atoms with van der Waals surface area (Å²) >= 11 is 12.5. The average Bonchev–Trinajstić information content (AvgIpc) is 3.68. The number of carbonyl (C=O) groups is 1. The van der Waals surface area contributed by atoms with Crippen LogP contribution in [0.3, 0.4) is 0 Å². The topological polar surface area (TPSA) is 86.3 Å². The van der Waals surface area contributed by atoms with Crippen LogP contribution in [0, 0.1) is 5.82 Å². The molecule has 1 fully saturated rings. The lowest BCUT2D eigenvalue weighted by atomic mass is 10.0. The summed E-state index contributed by atoms with van der Waals surface area (Å²) in [5.41, 5.74) is 8.08. The second-order valence-corrected chi connectivity index (χ2v) is 13.6. The summed E-state index contributed by atoms with van der Waals surface area (Å²) in [6.07, 6.45) is 45.8. The maximum atomic E-state index is 14.1. The zero-order valence-electron chi connectivity index (χ0n) is 31.5. The minimum Gasteiger partial charge on any atom is -0.482 e. The number of pyridine rings is 1. The van der Waals surface area contributed by atoms with Crippen molar-refractivity contribution < 1.29 is 13.9 Å². The molecule has 0 unspecified atom stereocenters. The maximum absolute atomic E-state index is 14.1. The van der Waals surface area contributed by atoms with Crippen LogP contribution in [0.1, 0.15) is 70.1 Å². The number of carbonyl (C=O) groups excluding carboxylic acids is 1. The zero-order chi connectivity index (χ0) is 39.3. The predicted octanol–water partition coefficient (Wildman–Crippen LogP) is 11.9. The predicted molar refractivity (Wildman–Crippen MR) is 227 cm³/mol. The normalized spacial score (nSPS) is 15.4. The summed E-state index contributed by atoms with van der Waals surface area (Å²) in [5.74, 6) is 0.149. The standard InChI is InChI=1S/C45H50Cl2FN5O2/c1-3-4-5-6-7-8-9-10-11-12-13-14-15-16-17-18-19-20-21-22-23-24-42(54)52-29-27-38(28-30-52)53-34-37(33-51-53)36-31-41(45(49)50-32-36)55-35(2)43-39(46)25-26-40(48)44(43)47/h3-20,25-26,31-35,38H,21-24,27-30H2,1-2H3,(H2,49,50)/b4-3+,6-5+,8-7+,10-9+,12-11+,14-13+,16-15+,18-17+,20-19+/t35-/m1/s1. The van der Waals surface area contributed by atoms with Crippen LogP contribution in [-0.4, -0.2) is 38.7 Å². The maximum Gasteiger partial charge on any atom is 0.222 e. The summed E-state index contributed by atoms with van der Waals surface area (Å²) < 4.78 is 22.1. The third-order valence-electron chi connectivity index (χ3n) is 8.80. The van der Waals surface area contributed by atoms with E-state index in [-0.39, 0.29) is 22.8 Å². The second-order valence-electron chi connectivity index (χ2n) is 12.8. The molecule has 7 nitrogen and oxygen atoms in total. The number of allylic oxidation sites excluding steroid dienone is 18. The smallest absolute Gasteiger partial charge is 0.222 e. The van der Waals surface area contributed by atoms with Crippen molar-refractivity contribution in [1.29, 1.82) is 0 Å². The highest BCUT2D eigenvalue weighted by Crippen LogP contribution is 2.37. The van der Waals surface area contributed by atoms with E-state index < -0.39 is 11.9 Å². The molecule has 1 atom stereocenters. The van der Waals surface area contributed by atoms with Gasteiger partial charge in [-0.2, -0.15) is 5.10 Å². The van der Waals surface area contributed by atoms with Gasteiger partial charge in [-0.15, -0.1) is 0 Å². The Labute approximate surface area is 335 Å². The van der Waals surface area contributed by atoms with Gasteiger partial charge in [-0.05, 0) is 64.2 Å². The van der Waals surface area contributed by atoms with Crippen LogP contribution in [0.4, 0.5) is 10.2 Å². The summed E-state index contributed by atoms with van der Waals surface area (Å²) in [6.45, 7) is 5.12. The van der Waals surface area contributed by atoms with E-state index in [1.54, 1.807) is 25.4 Å². The number of piperidine rings is 1. The SMILES string of the molecule is C/C=C/C=C/C=C/C=C/C=C/C=C/C=C/C=C/C=C/CCCCC(=O)N1CCC(n2cc(-c3cnc(N)c(O[C@H](C)c4c(Cl)ccc(F)c4Cl)c3)cn2)CC1. The van der Waals surface area contributed by atoms with E-state index in [9.17, 15) is 9.18 Å². The van der Waals surface area contributed by atoms with E-state index in [1.165, 1.54) is 12.1 Å². The molecule has 4 rings (SSSR count). The van der Waals surface area contributed by atoms with Crippen LogP contribution in [-0.2, 0) is 4.79 Å². The molecule has 288 valence electrons. The third kappa shape index (κ3) is 14.2. The summed E-state index contributed by atoms with van der Waals surface area (Å²) in [7, 11) is 0. The molecule has 1 aromatic carbocycles. The number of nitrogens with two attached hydrogens (primary N) is 1. The molecule has 1 amide bonds. The first kappa shape index (κ1) is 42.6. The second kappa shape index (κ2) is 23.6. The fraction of sp³-hybridized carbons (Fsp3) is 0.267. The number of halogens is 3. The fourth-order valence-corrected chi connectivity index (χ4v) is 6.50. The van der Waals surface area contributed by atoms with Gasteiger partial charge < -0.3 is 15.4 Å². The van der Waals surface area contributed by atoms with E-state index in [1.807, 2.05) is 126 Å². The van der Waals surface area contributed by atoms with E-state index in [0.717, 1.165) is 43.2 Å². The van der Waals surface area contributed by atoms with Crippen LogP contribution in [0.15, 0.2) is 146 Å². The molecular weight excluding hydrogens is 732 g/mol. The molecule has 3 heterocycles. The van der Waals surface area contributed by atoms with Gasteiger partial charge in [0.15, 0.2) is 11.6 Å². The fourth-order valence-electron chi connectivity index (χ4n) is 5.82. The molecule has 0 saturated carbocycles. The van der Waals surface area contributed by atoms with Crippen LogP contribution >= 0.6 is 23.2 Å². The highest BCUT2D eigenvalue weighted by molar-refractivity contribution is 6.36. The van der Waals surface area contributed by atoms with E-state index >= 15 is 0 Å². The molecule has 3 aromatic rings. The van der Waals surface area contributed by atoms with Crippen molar-refractivity contribution >= 4 is 34.9 Å². The van der Waals surface area contributed by atoms with Crippen molar-refractivity contribution in [2.24, 2.45) is 0 Å². The van der Waals surface area contributed by atoms with Crippen molar-refractivity contribution in [3.63, 3.8) is 0 Å². The van der Waals surface area contributed by atoms with Gasteiger partial charge in [-0.1, -0.05) is 133 Å². The summed E-state index contributed by atoms with van der Waals surface area (Å²) in [6, 6.07) is 4.62. The van der Waals surface area contributed by atoms with Crippen LogP contribution in [0.2, 0.25) is 10.0 Å². The van der Waals surface area contributed by atoms with Gasteiger partial charge >= 0.3 is 0 Å². The van der Waals surface area contributed by atoms with E-state index in [0.29, 0.717) is 35.8 Å². The third-order valence-corrected chi connectivity index (χ3v) is 9.52. The van der Waals surface area contributed by atoms with Crippen molar-refractivity contribution in [2.75, 3.05) is 18.8 Å². The number of amides is 1. The number of nitrogen functional groups attached to an aromatic ring is 1. The van der Waals surface area contributed by atoms with Crippen molar-refractivity contribution in [2.45, 2.75) is 64.5 Å². The van der Waals surface area contributed by atoms with Crippen LogP contribution < -0.4 is 10.5 Å². The molecule has 0 bridgehead atoms. The average molecular weight is 783 g/mol. The number of rotatable bonds is 18. The molecule has 2 N–H and O–H groups in total. The highest BCUT2D eigenvalue weighted by atomic mass is 35.5. The summed E-state index contributed by atoms with van der Waals surface area (Å²) in [4.78, 5) is 19.2. The Kier molecular flexibility index (Phi) is 18.2. The number of hydrogen-bond donors (Lipinski definition) is 1. The number of unbranched alkanes of at least 4 members (excludes halogenated alkanes) is 2. The Morgan fingerprint density at radius 2 is 1.49 bits per heavy atom. The zero-order valence-corrected chi connectivity index (χ0v) is 33.0. The number of anilines is 1. The molecular formula is C45H50Cl2FN5O2. The van der Waals surface area contributed by atoms with Gasteiger partial charge in [0, 0.05) is 53.6 Å². The molecule has 2 aromatic heterocycles. The lowest BCUT2D eigenvalue weighted by molar-refractivity contribution is -0.132. The molecule has 1 saturated heterocycles. The molecule has 0 spiro atoms. The van der Waals surface area contributed by atoms with Crippen molar-refractivity contribution in [1.82, 2.24) is 19.7 Å². The van der Waals surface area contributed by atoms with E-state index in [2.05, 4.69) is 16.2 Å². The van der Waals surface area contributed by atoms with Gasteiger partial charge in [-0.3, -0.25) is 9.48 Å². The minimum atomic E-state index is -0.677. The van der Waals surface area contributed by atoms with Gasteiger partial charge in [0.05, 0.1) is 17.3 Å². The highest BCUT2D eigenvalue weighted by Gasteiger charge is 2.25. The first-order valence-electron chi connectivity index (χ1n) is 18.6. The lowest BCUT2D eigenvalue weighted by Gasteiger charge is -2.32. The van der Waals surface area contributed by atoms with Crippen LogP contribution in [0.5, 0.6) is 5.75 Å². The molecule has 1 aliphatic rings. The number of nitrogens with zero attached hydrogens (tertiary/aromatic N) is 4. The van der Waals surface area contributed by atoms with Gasteiger partial charge in [0.25, 0.3) is 0 Å². The number of benzene rings is 1. The summed E-state index contributed by atoms with van der Waals surface area (Å²) in [5, 5.41) is 4.83. The Morgan fingerprint density at radius 1 is 0.891 bits per heavy atom. The minimum absolute atomic E-state index is 0.0931. The largest absolute Gasteiger partial charge is 0.482 e.